The third-order valence-electron chi connectivity index (χ3n) is 1.76. The second kappa shape index (κ2) is 6.34. The van der Waals surface area contributed by atoms with Crippen molar-refractivity contribution >= 4 is 23.0 Å². The Bertz CT molecular complexity index is 368. The zero-order valence-corrected chi connectivity index (χ0v) is 10.4. The van der Waals surface area contributed by atoms with Crippen molar-refractivity contribution in [3.05, 3.63) is 24.3 Å². The second-order valence-electron chi connectivity index (χ2n) is 3.66. The highest BCUT2D eigenvalue weighted by molar-refractivity contribution is 7.80. The van der Waals surface area contributed by atoms with Crippen molar-refractivity contribution in [1.82, 2.24) is 5.32 Å². The van der Waals surface area contributed by atoms with Crippen LogP contribution in [0, 0.1) is 0 Å². The highest BCUT2D eigenvalue weighted by Crippen LogP contribution is 2.17. The van der Waals surface area contributed by atoms with Gasteiger partial charge in [0.25, 0.3) is 0 Å². The van der Waals surface area contributed by atoms with E-state index < -0.39 is 6.61 Å². The second-order valence-corrected chi connectivity index (χ2v) is 4.06. The van der Waals surface area contributed by atoms with Crippen molar-refractivity contribution in [1.29, 1.82) is 0 Å². The molecule has 3 nitrogen and oxygen atoms in total. The summed E-state index contributed by atoms with van der Waals surface area (Å²) in [6.07, 6.45) is 0. The molecule has 1 rings (SSSR count). The molecule has 0 atom stereocenters. The van der Waals surface area contributed by atoms with Crippen LogP contribution >= 0.6 is 12.2 Å². The number of halogens is 2. The Morgan fingerprint density at radius 1 is 1.24 bits per heavy atom. The van der Waals surface area contributed by atoms with Gasteiger partial charge >= 0.3 is 6.61 Å². The predicted molar refractivity (Wildman–Crippen MR) is 67.6 cm³/mol. The van der Waals surface area contributed by atoms with E-state index in [9.17, 15) is 8.78 Å². The Morgan fingerprint density at radius 2 is 1.82 bits per heavy atom. The first-order valence-corrected chi connectivity index (χ1v) is 5.50. The Hall–Kier alpha value is -1.43. The molecule has 0 heterocycles. The van der Waals surface area contributed by atoms with E-state index in [4.69, 9.17) is 12.2 Å². The Balaban J connectivity index is 2.53. The maximum atomic E-state index is 11.9. The van der Waals surface area contributed by atoms with E-state index in [0.717, 1.165) is 0 Å². The molecule has 0 unspecified atom stereocenters. The van der Waals surface area contributed by atoms with E-state index in [0.29, 0.717) is 10.8 Å². The summed E-state index contributed by atoms with van der Waals surface area (Å²) in [5.74, 6) is 0.119. The Labute approximate surface area is 104 Å². The van der Waals surface area contributed by atoms with Crippen molar-refractivity contribution in [3.63, 3.8) is 0 Å². The number of thiocarbonyl (C=S) groups is 1. The molecule has 0 aliphatic rings. The van der Waals surface area contributed by atoms with E-state index in [1.807, 2.05) is 13.8 Å². The van der Waals surface area contributed by atoms with Crippen LogP contribution < -0.4 is 15.4 Å². The normalized spacial score (nSPS) is 10.5. The first-order valence-electron chi connectivity index (χ1n) is 5.10. The molecule has 0 fully saturated rings. The molecule has 1 aromatic carbocycles. The highest BCUT2D eigenvalue weighted by Gasteiger charge is 2.04. The maximum Gasteiger partial charge on any atom is 0.387 e. The fourth-order valence-corrected chi connectivity index (χ4v) is 1.50. The van der Waals surface area contributed by atoms with Gasteiger partial charge in [-0.05, 0) is 50.3 Å². The minimum absolute atomic E-state index is 0.119. The lowest BCUT2D eigenvalue weighted by Crippen LogP contribution is -2.33. The lowest BCUT2D eigenvalue weighted by Gasteiger charge is -2.13. The van der Waals surface area contributed by atoms with Gasteiger partial charge in [-0.2, -0.15) is 8.78 Å². The number of nitrogens with one attached hydrogen (secondary N) is 2. The van der Waals surface area contributed by atoms with Crippen LogP contribution in [0.1, 0.15) is 13.8 Å². The Morgan fingerprint density at radius 3 is 2.29 bits per heavy atom. The van der Waals surface area contributed by atoms with Gasteiger partial charge in [-0.15, -0.1) is 0 Å². The molecular weight excluding hydrogens is 246 g/mol. The first kappa shape index (κ1) is 13.6. The number of benzene rings is 1. The van der Waals surface area contributed by atoms with Crippen molar-refractivity contribution in [3.8, 4) is 5.75 Å². The van der Waals surface area contributed by atoms with Crippen LogP contribution in [0.15, 0.2) is 24.3 Å². The molecule has 0 spiro atoms. The minimum Gasteiger partial charge on any atom is -0.435 e. The molecule has 0 aromatic heterocycles. The van der Waals surface area contributed by atoms with E-state index in [2.05, 4.69) is 15.4 Å². The molecule has 0 aliphatic heterocycles. The van der Waals surface area contributed by atoms with Crippen molar-refractivity contribution in [2.75, 3.05) is 5.32 Å². The van der Waals surface area contributed by atoms with Crippen LogP contribution in [0.4, 0.5) is 14.5 Å². The SMILES string of the molecule is CC(C)NC(=S)Nc1ccc(OC(F)F)cc1. The van der Waals surface area contributed by atoms with Gasteiger partial charge < -0.3 is 15.4 Å². The number of hydrogen-bond donors (Lipinski definition) is 2. The lowest BCUT2D eigenvalue weighted by atomic mass is 10.3. The first-order chi connectivity index (χ1) is 7.97. The number of ether oxygens (including phenoxy) is 1. The van der Waals surface area contributed by atoms with Crippen LogP contribution in [0.25, 0.3) is 0 Å². The standard InChI is InChI=1S/C11H14F2N2OS/c1-7(2)14-11(17)15-8-3-5-9(6-4-8)16-10(12)13/h3-7,10H,1-2H3,(H2,14,15,17). The summed E-state index contributed by atoms with van der Waals surface area (Å²) in [5.41, 5.74) is 0.713. The molecule has 0 radical (unpaired) electrons. The Kier molecular flexibility index (Phi) is 5.09. The van der Waals surface area contributed by atoms with Gasteiger partial charge in [-0.1, -0.05) is 0 Å². The fourth-order valence-electron chi connectivity index (χ4n) is 1.15. The average molecular weight is 260 g/mol. The topological polar surface area (TPSA) is 33.3 Å². The third-order valence-corrected chi connectivity index (χ3v) is 1.98. The monoisotopic (exact) mass is 260 g/mol. The van der Waals surface area contributed by atoms with Gasteiger partial charge in [0.15, 0.2) is 5.11 Å². The van der Waals surface area contributed by atoms with Gasteiger partial charge in [0, 0.05) is 11.7 Å². The highest BCUT2D eigenvalue weighted by atomic mass is 32.1. The molecule has 0 saturated carbocycles. The van der Waals surface area contributed by atoms with Crippen LogP contribution in [-0.4, -0.2) is 17.8 Å². The summed E-state index contributed by atoms with van der Waals surface area (Å²) >= 11 is 5.04. The van der Waals surface area contributed by atoms with Crippen molar-refractivity contribution in [2.45, 2.75) is 26.5 Å². The van der Waals surface area contributed by atoms with Gasteiger partial charge in [0.1, 0.15) is 5.75 Å². The quantitative estimate of drug-likeness (QED) is 0.815. The van der Waals surface area contributed by atoms with Crippen LogP contribution in [-0.2, 0) is 0 Å². The van der Waals surface area contributed by atoms with E-state index in [1.165, 1.54) is 12.1 Å². The molecular formula is C11H14F2N2OS. The van der Waals surface area contributed by atoms with E-state index in [1.54, 1.807) is 12.1 Å². The molecule has 94 valence electrons. The minimum atomic E-state index is -2.81. The predicted octanol–water partition coefficient (Wildman–Crippen LogP) is 2.98. The molecule has 0 amide bonds. The lowest BCUT2D eigenvalue weighted by molar-refractivity contribution is -0.0498. The number of alkyl halides is 2. The summed E-state index contributed by atoms with van der Waals surface area (Å²) in [7, 11) is 0. The summed E-state index contributed by atoms with van der Waals surface area (Å²) in [6, 6.07) is 6.37. The maximum absolute atomic E-state index is 11.9. The molecule has 2 N–H and O–H groups in total. The zero-order valence-electron chi connectivity index (χ0n) is 9.54. The van der Waals surface area contributed by atoms with Gasteiger partial charge in [-0.3, -0.25) is 0 Å². The zero-order chi connectivity index (χ0) is 12.8. The summed E-state index contributed by atoms with van der Waals surface area (Å²) in [6.45, 7) is 1.12. The third kappa shape index (κ3) is 5.44. The molecule has 0 saturated heterocycles. The van der Waals surface area contributed by atoms with E-state index in [-0.39, 0.29) is 11.8 Å². The molecule has 0 aliphatic carbocycles. The largest absolute Gasteiger partial charge is 0.435 e. The fraction of sp³-hybridized carbons (Fsp3) is 0.364. The number of rotatable bonds is 4. The average Bonchev–Trinajstić information content (AvgIpc) is 2.18. The smallest absolute Gasteiger partial charge is 0.387 e. The van der Waals surface area contributed by atoms with E-state index >= 15 is 0 Å². The van der Waals surface area contributed by atoms with Crippen LogP contribution in [0.5, 0.6) is 5.75 Å². The van der Waals surface area contributed by atoms with Crippen LogP contribution in [0.3, 0.4) is 0 Å². The van der Waals surface area contributed by atoms with Gasteiger partial charge in [-0.25, -0.2) is 0 Å². The van der Waals surface area contributed by atoms with Gasteiger partial charge in [0.05, 0.1) is 0 Å². The summed E-state index contributed by atoms with van der Waals surface area (Å²) < 4.78 is 28.0. The van der Waals surface area contributed by atoms with Crippen molar-refractivity contribution < 1.29 is 13.5 Å². The molecule has 1 aromatic rings. The molecule has 6 heteroatoms. The van der Waals surface area contributed by atoms with Crippen molar-refractivity contribution in [2.24, 2.45) is 0 Å². The van der Waals surface area contributed by atoms with Gasteiger partial charge in [0.2, 0.25) is 0 Å². The number of anilines is 1. The molecule has 0 bridgehead atoms. The molecule has 17 heavy (non-hydrogen) atoms. The van der Waals surface area contributed by atoms with Crippen LogP contribution in [0.2, 0.25) is 0 Å². The summed E-state index contributed by atoms with van der Waals surface area (Å²) in [4.78, 5) is 0. The summed E-state index contributed by atoms with van der Waals surface area (Å²) in [5, 5.41) is 6.43. The number of hydrogen-bond acceptors (Lipinski definition) is 2.